The number of halogens is 2. The number of hydrogen-bond donors (Lipinski definition) is 1. The van der Waals surface area contributed by atoms with Gasteiger partial charge in [-0.1, -0.05) is 39.7 Å². The second kappa shape index (κ2) is 8.95. The van der Waals surface area contributed by atoms with E-state index >= 15 is 0 Å². The summed E-state index contributed by atoms with van der Waals surface area (Å²) < 4.78 is 28.0. The maximum Gasteiger partial charge on any atom is 0.243 e. The minimum Gasteiger partial charge on any atom is -0.349 e. The van der Waals surface area contributed by atoms with E-state index in [4.69, 9.17) is 11.6 Å². The van der Waals surface area contributed by atoms with Crippen molar-refractivity contribution in [3.05, 3.63) is 63.6 Å². The fourth-order valence-corrected chi connectivity index (χ4v) is 5.21. The number of piperidine rings is 1. The van der Waals surface area contributed by atoms with E-state index in [1.165, 1.54) is 4.31 Å². The highest BCUT2D eigenvalue weighted by Crippen LogP contribution is 2.26. The predicted octanol–water partition coefficient (Wildman–Crippen LogP) is 4.38. The highest BCUT2D eigenvalue weighted by atomic mass is 79.9. The molecular formula is C20H22BrClN2O3S. The molecule has 2 aromatic rings. The van der Waals surface area contributed by atoms with Gasteiger partial charge in [-0.25, -0.2) is 8.42 Å². The molecule has 1 saturated heterocycles. The van der Waals surface area contributed by atoms with Gasteiger partial charge in [-0.05, 0) is 61.7 Å². The van der Waals surface area contributed by atoms with Gasteiger partial charge in [-0.3, -0.25) is 4.79 Å². The third kappa shape index (κ3) is 4.95. The Morgan fingerprint density at radius 2 is 1.82 bits per heavy atom. The smallest absolute Gasteiger partial charge is 0.243 e. The van der Waals surface area contributed by atoms with Crippen LogP contribution in [-0.4, -0.2) is 31.7 Å². The van der Waals surface area contributed by atoms with Crippen LogP contribution in [0.3, 0.4) is 0 Å². The number of amides is 1. The number of nitrogens with one attached hydrogen (secondary N) is 1. The SMILES string of the molecule is C[C@@H](NC(=O)[C@H]1CCCN(S(=O)(=O)c2ccc(Br)cc2)C1)c1ccc(Cl)cc1. The average Bonchev–Trinajstić information content (AvgIpc) is 2.69. The molecule has 0 spiro atoms. The molecule has 1 aliphatic rings. The van der Waals surface area contributed by atoms with Crippen molar-refractivity contribution in [2.45, 2.75) is 30.7 Å². The molecule has 1 amide bonds. The van der Waals surface area contributed by atoms with Crippen molar-refractivity contribution in [3.8, 4) is 0 Å². The van der Waals surface area contributed by atoms with E-state index < -0.39 is 10.0 Å². The number of benzene rings is 2. The fourth-order valence-electron chi connectivity index (χ4n) is 3.30. The number of nitrogens with zero attached hydrogens (tertiary/aromatic N) is 1. The molecule has 1 aliphatic heterocycles. The van der Waals surface area contributed by atoms with Gasteiger partial charge in [-0.15, -0.1) is 0 Å². The lowest BCUT2D eigenvalue weighted by molar-refractivity contribution is -0.126. The zero-order valence-electron chi connectivity index (χ0n) is 15.4. The summed E-state index contributed by atoms with van der Waals surface area (Å²) in [7, 11) is -3.61. The van der Waals surface area contributed by atoms with E-state index in [0.29, 0.717) is 24.4 Å². The van der Waals surface area contributed by atoms with Crippen molar-refractivity contribution in [1.29, 1.82) is 0 Å². The molecular weight excluding hydrogens is 464 g/mol. The van der Waals surface area contributed by atoms with Crippen LogP contribution < -0.4 is 5.32 Å². The first-order valence-corrected chi connectivity index (χ1v) is 11.7. The molecule has 0 saturated carbocycles. The van der Waals surface area contributed by atoms with Crippen molar-refractivity contribution in [3.63, 3.8) is 0 Å². The van der Waals surface area contributed by atoms with Gasteiger partial charge in [0, 0.05) is 22.6 Å². The van der Waals surface area contributed by atoms with Crippen molar-refractivity contribution < 1.29 is 13.2 Å². The molecule has 5 nitrogen and oxygen atoms in total. The lowest BCUT2D eigenvalue weighted by atomic mass is 9.98. The van der Waals surface area contributed by atoms with Crippen LogP contribution in [0.5, 0.6) is 0 Å². The maximum absolute atomic E-state index is 12.9. The Labute approximate surface area is 179 Å². The standard InChI is InChI=1S/C20H22BrClN2O3S/c1-14(15-4-8-18(22)9-5-15)23-20(25)16-3-2-12-24(13-16)28(26,27)19-10-6-17(21)7-11-19/h4-11,14,16H,2-3,12-13H2,1H3,(H,23,25)/t14-,16+/m1/s1. The Morgan fingerprint density at radius 3 is 2.46 bits per heavy atom. The molecule has 150 valence electrons. The molecule has 0 radical (unpaired) electrons. The summed E-state index contributed by atoms with van der Waals surface area (Å²) in [6.45, 7) is 2.52. The number of carbonyl (C=O) groups is 1. The van der Waals surface area contributed by atoms with Gasteiger partial charge in [0.25, 0.3) is 0 Å². The molecule has 0 aliphatic carbocycles. The van der Waals surface area contributed by atoms with Gasteiger partial charge >= 0.3 is 0 Å². The quantitative estimate of drug-likeness (QED) is 0.683. The molecule has 3 rings (SSSR count). The minimum absolute atomic E-state index is 0.127. The third-order valence-electron chi connectivity index (χ3n) is 4.94. The summed E-state index contributed by atoms with van der Waals surface area (Å²) in [6.07, 6.45) is 1.33. The van der Waals surface area contributed by atoms with Crippen molar-refractivity contribution >= 4 is 43.5 Å². The zero-order chi connectivity index (χ0) is 20.3. The van der Waals surface area contributed by atoms with Crippen LogP contribution in [0.4, 0.5) is 0 Å². The van der Waals surface area contributed by atoms with Crippen molar-refractivity contribution in [1.82, 2.24) is 9.62 Å². The van der Waals surface area contributed by atoms with E-state index in [0.717, 1.165) is 10.0 Å². The topological polar surface area (TPSA) is 66.5 Å². The van der Waals surface area contributed by atoms with E-state index in [1.54, 1.807) is 36.4 Å². The third-order valence-corrected chi connectivity index (χ3v) is 7.60. The fraction of sp³-hybridized carbons (Fsp3) is 0.350. The molecule has 0 bridgehead atoms. The Morgan fingerprint density at radius 1 is 1.18 bits per heavy atom. The summed E-state index contributed by atoms with van der Waals surface area (Å²) in [4.78, 5) is 13.0. The van der Waals surface area contributed by atoms with Crippen LogP contribution in [0.2, 0.25) is 5.02 Å². The molecule has 2 atom stereocenters. The average molecular weight is 486 g/mol. The predicted molar refractivity (Wildman–Crippen MR) is 114 cm³/mol. The first-order valence-electron chi connectivity index (χ1n) is 9.09. The van der Waals surface area contributed by atoms with Crippen LogP contribution in [0.1, 0.15) is 31.4 Å². The Bertz CT molecular complexity index is 933. The van der Waals surface area contributed by atoms with Crippen LogP contribution in [-0.2, 0) is 14.8 Å². The van der Waals surface area contributed by atoms with Gasteiger partial charge in [0.05, 0.1) is 16.9 Å². The normalized spacial score (nSPS) is 19.2. The van der Waals surface area contributed by atoms with Gasteiger partial charge in [0.2, 0.25) is 15.9 Å². The molecule has 0 aromatic heterocycles. The van der Waals surface area contributed by atoms with Crippen molar-refractivity contribution in [2.75, 3.05) is 13.1 Å². The van der Waals surface area contributed by atoms with Crippen molar-refractivity contribution in [2.24, 2.45) is 5.92 Å². The van der Waals surface area contributed by atoms with Crippen LogP contribution in [0, 0.1) is 5.92 Å². The number of hydrogen-bond acceptors (Lipinski definition) is 3. The first-order chi connectivity index (χ1) is 13.3. The Balaban J connectivity index is 1.67. The van der Waals surface area contributed by atoms with E-state index in [1.807, 2.05) is 19.1 Å². The second-order valence-corrected chi connectivity index (χ2v) is 10.2. The van der Waals surface area contributed by atoms with Gasteiger partial charge < -0.3 is 5.32 Å². The Kier molecular flexibility index (Phi) is 6.81. The monoisotopic (exact) mass is 484 g/mol. The van der Waals surface area contributed by atoms with Crippen LogP contribution in [0.15, 0.2) is 57.9 Å². The summed E-state index contributed by atoms with van der Waals surface area (Å²) in [5.74, 6) is -0.494. The molecule has 1 heterocycles. The van der Waals surface area contributed by atoms with Gasteiger partial charge in [0.15, 0.2) is 0 Å². The van der Waals surface area contributed by atoms with Crippen LogP contribution in [0.25, 0.3) is 0 Å². The van der Waals surface area contributed by atoms with E-state index in [2.05, 4.69) is 21.2 Å². The summed E-state index contributed by atoms with van der Waals surface area (Å²) in [5, 5.41) is 3.64. The summed E-state index contributed by atoms with van der Waals surface area (Å²) in [6, 6.07) is 13.7. The second-order valence-electron chi connectivity index (χ2n) is 6.94. The molecule has 28 heavy (non-hydrogen) atoms. The number of sulfonamides is 1. The first kappa shape index (κ1) is 21.3. The minimum atomic E-state index is -3.61. The molecule has 1 N–H and O–H groups in total. The molecule has 1 fully saturated rings. The zero-order valence-corrected chi connectivity index (χ0v) is 18.6. The molecule has 0 unspecified atom stereocenters. The van der Waals surface area contributed by atoms with Gasteiger partial charge in [-0.2, -0.15) is 4.31 Å². The Hall–Kier alpha value is -1.41. The highest BCUT2D eigenvalue weighted by molar-refractivity contribution is 9.10. The summed E-state index contributed by atoms with van der Waals surface area (Å²) in [5.41, 5.74) is 0.952. The van der Waals surface area contributed by atoms with E-state index in [9.17, 15) is 13.2 Å². The molecule has 8 heteroatoms. The van der Waals surface area contributed by atoms with Crippen LogP contribution >= 0.6 is 27.5 Å². The lowest BCUT2D eigenvalue weighted by Crippen LogP contribution is -2.45. The molecule has 2 aromatic carbocycles. The number of carbonyl (C=O) groups excluding carboxylic acids is 1. The largest absolute Gasteiger partial charge is 0.349 e. The lowest BCUT2D eigenvalue weighted by Gasteiger charge is -2.32. The van der Waals surface area contributed by atoms with E-state index in [-0.39, 0.29) is 29.3 Å². The highest BCUT2D eigenvalue weighted by Gasteiger charge is 2.33. The summed E-state index contributed by atoms with van der Waals surface area (Å²) >= 11 is 9.22. The maximum atomic E-state index is 12.9. The number of rotatable bonds is 5. The van der Waals surface area contributed by atoms with Gasteiger partial charge in [0.1, 0.15) is 0 Å².